The van der Waals surface area contributed by atoms with Crippen LogP contribution in [0.1, 0.15) is 0 Å². The minimum atomic E-state index is -1.22. The summed E-state index contributed by atoms with van der Waals surface area (Å²) in [7, 11) is 0. The molecule has 70 valence electrons. The van der Waals surface area contributed by atoms with Crippen molar-refractivity contribution in [3.8, 4) is 0 Å². The fourth-order valence-electron chi connectivity index (χ4n) is 0.578. The molecule has 0 aromatic rings. The summed E-state index contributed by atoms with van der Waals surface area (Å²) in [5, 5.41) is 20.5. The molecule has 0 aliphatic rings. The van der Waals surface area contributed by atoms with Crippen LogP contribution in [0.5, 0.6) is 0 Å². The molecule has 6 N–H and O–H groups in total. The lowest BCUT2D eigenvalue weighted by Crippen LogP contribution is -2.47. The summed E-state index contributed by atoms with van der Waals surface area (Å²) in [5.74, 6) is 0. The molecule has 7 nitrogen and oxygen atoms in total. The largest absolute Gasteiger partial charge is 0.465 e. The fourth-order valence-corrected chi connectivity index (χ4v) is 0.578. The van der Waals surface area contributed by atoms with E-state index in [1.165, 1.54) is 0 Å². The van der Waals surface area contributed by atoms with Gasteiger partial charge in [-0.3, -0.25) is 0 Å². The van der Waals surface area contributed by atoms with E-state index in [4.69, 9.17) is 15.9 Å². The molecule has 0 radical (unpaired) electrons. The van der Waals surface area contributed by atoms with Gasteiger partial charge in [0.25, 0.3) is 0 Å². The van der Waals surface area contributed by atoms with Crippen LogP contribution >= 0.6 is 0 Å². The molecule has 0 spiro atoms. The van der Waals surface area contributed by atoms with Gasteiger partial charge in [0.05, 0.1) is 6.04 Å². The molecule has 0 fully saturated rings. The predicted molar refractivity (Wildman–Crippen MR) is 40.0 cm³/mol. The predicted octanol–water partition coefficient (Wildman–Crippen LogP) is -1.15. The molecular formula is C5H11N3O4. The van der Waals surface area contributed by atoms with Gasteiger partial charge in [-0.2, -0.15) is 0 Å². The van der Waals surface area contributed by atoms with E-state index in [1.807, 2.05) is 5.32 Å². The molecule has 1 atom stereocenters. The van der Waals surface area contributed by atoms with Gasteiger partial charge in [-0.25, -0.2) is 9.59 Å². The van der Waals surface area contributed by atoms with Crippen LogP contribution in [0, 0.1) is 0 Å². The molecule has 1 unspecified atom stereocenters. The van der Waals surface area contributed by atoms with Crippen LogP contribution in [-0.4, -0.2) is 41.5 Å². The Balaban J connectivity index is 3.67. The summed E-state index contributed by atoms with van der Waals surface area (Å²) in [4.78, 5) is 20.0. The van der Waals surface area contributed by atoms with Gasteiger partial charge in [-0.1, -0.05) is 0 Å². The third kappa shape index (κ3) is 5.30. The number of carbonyl (C=O) groups is 2. The lowest BCUT2D eigenvalue weighted by Gasteiger charge is -2.13. The Labute approximate surface area is 68.6 Å². The molecule has 12 heavy (non-hydrogen) atoms. The Morgan fingerprint density at radius 1 is 1.33 bits per heavy atom. The van der Waals surface area contributed by atoms with E-state index in [-0.39, 0.29) is 13.1 Å². The zero-order chi connectivity index (χ0) is 9.56. The van der Waals surface area contributed by atoms with Crippen molar-refractivity contribution in [1.29, 1.82) is 0 Å². The molecule has 0 aromatic heterocycles. The van der Waals surface area contributed by atoms with Gasteiger partial charge in [-0.05, 0) is 0 Å². The lowest BCUT2D eigenvalue weighted by atomic mass is 10.3. The van der Waals surface area contributed by atoms with Crippen molar-refractivity contribution in [2.45, 2.75) is 6.04 Å². The third-order valence-corrected chi connectivity index (χ3v) is 1.11. The maximum Gasteiger partial charge on any atom is 0.404 e. The first-order valence-corrected chi connectivity index (χ1v) is 3.22. The minimum absolute atomic E-state index is 0.0296. The molecule has 2 amide bonds. The summed E-state index contributed by atoms with van der Waals surface area (Å²) in [6, 6.07) is -0.585. The average Bonchev–Trinajstić information content (AvgIpc) is 1.97. The summed E-state index contributed by atoms with van der Waals surface area (Å²) >= 11 is 0. The second-order valence-corrected chi connectivity index (χ2v) is 2.07. The first-order chi connectivity index (χ1) is 5.56. The van der Waals surface area contributed by atoms with Crippen molar-refractivity contribution >= 4 is 12.2 Å². The summed E-state index contributed by atoms with van der Waals surface area (Å²) in [5.41, 5.74) is 5.15. The summed E-state index contributed by atoms with van der Waals surface area (Å²) in [6.45, 7) is 0.0186. The lowest BCUT2D eigenvalue weighted by molar-refractivity contribution is 0.184. The molecule has 0 saturated heterocycles. The standard InChI is InChI=1S/C5H11N3O4/c6-1-3(8-5(11)12)2-7-4(9)10/h3,7-8H,1-2,6H2,(H,9,10)(H,11,12). The van der Waals surface area contributed by atoms with Crippen LogP contribution in [0.15, 0.2) is 0 Å². The van der Waals surface area contributed by atoms with Crippen molar-refractivity contribution in [1.82, 2.24) is 10.6 Å². The van der Waals surface area contributed by atoms with Gasteiger partial charge in [0.1, 0.15) is 0 Å². The van der Waals surface area contributed by atoms with Crippen LogP contribution in [0.4, 0.5) is 9.59 Å². The van der Waals surface area contributed by atoms with Crippen LogP contribution in [-0.2, 0) is 0 Å². The number of carboxylic acid groups (broad SMARTS) is 2. The maximum absolute atomic E-state index is 10.1. The number of rotatable bonds is 4. The van der Waals surface area contributed by atoms with Gasteiger partial charge in [0.15, 0.2) is 0 Å². The van der Waals surface area contributed by atoms with Crippen molar-refractivity contribution in [2.24, 2.45) is 5.73 Å². The van der Waals surface area contributed by atoms with Gasteiger partial charge in [0, 0.05) is 13.1 Å². The smallest absolute Gasteiger partial charge is 0.404 e. The van der Waals surface area contributed by atoms with E-state index >= 15 is 0 Å². The van der Waals surface area contributed by atoms with Gasteiger partial charge < -0.3 is 26.6 Å². The zero-order valence-corrected chi connectivity index (χ0v) is 6.28. The van der Waals surface area contributed by atoms with Crippen LogP contribution < -0.4 is 16.4 Å². The highest BCUT2D eigenvalue weighted by atomic mass is 16.4. The number of hydrogen-bond acceptors (Lipinski definition) is 3. The quantitative estimate of drug-likeness (QED) is 0.370. The van der Waals surface area contributed by atoms with Crippen molar-refractivity contribution < 1.29 is 19.8 Å². The number of nitrogens with two attached hydrogens (primary N) is 1. The van der Waals surface area contributed by atoms with E-state index in [0.717, 1.165) is 0 Å². The average molecular weight is 177 g/mol. The molecule has 0 aromatic carbocycles. The van der Waals surface area contributed by atoms with Crippen LogP contribution in [0.3, 0.4) is 0 Å². The van der Waals surface area contributed by atoms with E-state index in [1.54, 1.807) is 0 Å². The Kier molecular flexibility index (Phi) is 4.54. The van der Waals surface area contributed by atoms with E-state index in [0.29, 0.717) is 0 Å². The second kappa shape index (κ2) is 5.19. The molecule has 0 heterocycles. The highest BCUT2D eigenvalue weighted by Crippen LogP contribution is 1.77. The normalized spacial score (nSPS) is 11.8. The first-order valence-electron chi connectivity index (χ1n) is 3.22. The Morgan fingerprint density at radius 3 is 2.25 bits per heavy atom. The summed E-state index contributed by atoms with van der Waals surface area (Å²) in [6.07, 6.45) is -2.43. The fraction of sp³-hybridized carbons (Fsp3) is 0.600. The van der Waals surface area contributed by atoms with E-state index in [2.05, 4.69) is 5.32 Å². The zero-order valence-electron chi connectivity index (χ0n) is 6.28. The monoisotopic (exact) mass is 177 g/mol. The second-order valence-electron chi connectivity index (χ2n) is 2.07. The highest BCUT2D eigenvalue weighted by molar-refractivity contribution is 5.66. The Morgan fingerprint density at radius 2 is 1.92 bits per heavy atom. The number of hydrogen-bond donors (Lipinski definition) is 5. The molecular weight excluding hydrogens is 166 g/mol. The maximum atomic E-state index is 10.1. The van der Waals surface area contributed by atoms with Crippen molar-refractivity contribution in [3.63, 3.8) is 0 Å². The molecule has 0 rings (SSSR count). The van der Waals surface area contributed by atoms with Gasteiger partial charge in [0.2, 0.25) is 0 Å². The Bertz CT molecular complexity index is 172. The molecule has 7 heteroatoms. The summed E-state index contributed by atoms with van der Waals surface area (Å²) < 4.78 is 0. The number of nitrogens with one attached hydrogen (secondary N) is 2. The van der Waals surface area contributed by atoms with Crippen LogP contribution in [0.25, 0.3) is 0 Å². The topological polar surface area (TPSA) is 125 Å². The SMILES string of the molecule is NCC(CNC(=O)O)NC(=O)O. The van der Waals surface area contributed by atoms with Crippen LogP contribution in [0.2, 0.25) is 0 Å². The molecule has 0 bridgehead atoms. The van der Waals surface area contributed by atoms with Crippen molar-refractivity contribution in [3.05, 3.63) is 0 Å². The Hall–Kier alpha value is -1.50. The van der Waals surface area contributed by atoms with E-state index in [9.17, 15) is 9.59 Å². The third-order valence-electron chi connectivity index (χ3n) is 1.11. The molecule has 0 aliphatic heterocycles. The first kappa shape index (κ1) is 10.5. The molecule has 0 saturated carbocycles. The minimum Gasteiger partial charge on any atom is -0.465 e. The van der Waals surface area contributed by atoms with Crippen molar-refractivity contribution in [2.75, 3.05) is 13.1 Å². The number of amides is 2. The van der Waals surface area contributed by atoms with E-state index < -0.39 is 18.2 Å². The van der Waals surface area contributed by atoms with Gasteiger partial charge >= 0.3 is 12.2 Å². The highest BCUT2D eigenvalue weighted by Gasteiger charge is 2.09. The molecule has 0 aliphatic carbocycles. The van der Waals surface area contributed by atoms with Gasteiger partial charge in [-0.15, -0.1) is 0 Å².